The van der Waals surface area contributed by atoms with Crippen LogP contribution in [-0.4, -0.2) is 15.2 Å². The Hall–Kier alpha value is -0.248. The van der Waals surface area contributed by atoms with Crippen LogP contribution in [0.4, 0.5) is 0 Å². The van der Waals surface area contributed by atoms with E-state index in [1.165, 1.54) is 11.1 Å². The fourth-order valence-electron chi connectivity index (χ4n) is 1.27. The Morgan fingerprint density at radius 1 is 1.00 bits per heavy atom. The van der Waals surface area contributed by atoms with Crippen LogP contribution in [0.1, 0.15) is 11.1 Å². The average Bonchev–Trinajstić information content (AvgIpc) is 1.85. The first kappa shape index (κ1) is 7.86. The molecule has 0 atom stereocenters. The van der Waals surface area contributed by atoms with Crippen LogP contribution in [-0.2, 0) is 0 Å². The maximum absolute atomic E-state index is 2.33. The van der Waals surface area contributed by atoms with E-state index >= 15 is 0 Å². The predicted octanol–water partition coefficient (Wildman–Crippen LogP) is 1.41. The zero-order valence-corrected chi connectivity index (χ0v) is 8.35. The van der Waals surface area contributed by atoms with Gasteiger partial charge in [0, 0.05) is 0 Å². The second-order valence-electron chi connectivity index (χ2n) is 2.85. The van der Waals surface area contributed by atoms with E-state index in [-0.39, 0.29) is 15.2 Å². The summed E-state index contributed by atoms with van der Waals surface area (Å²) in [6, 6.07) is 6.84. The van der Waals surface area contributed by atoms with E-state index in [0.29, 0.717) is 0 Å². The van der Waals surface area contributed by atoms with Crippen molar-refractivity contribution in [2.75, 3.05) is 0 Å². The number of benzene rings is 1. The lowest BCUT2D eigenvalue weighted by Crippen LogP contribution is -2.10. The van der Waals surface area contributed by atoms with Crippen LogP contribution in [0, 0.1) is 13.8 Å². The Morgan fingerprint density at radius 3 is 1.90 bits per heavy atom. The van der Waals surface area contributed by atoms with Gasteiger partial charge in [-0.15, -0.1) is 10.2 Å². The van der Waals surface area contributed by atoms with Gasteiger partial charge >= 0.3 is 0 Å². The Bertz CT molecular complexity index is 208. The zero-order chi connectivity index (χ0) is 7.56. The third-order valence-electron chi connectivity index (χ3n) is 1.69. The summed E-state index contributed by atoms with van der Waals surface area (Å²) in [7, 11) is 0. The highest BCUT2D eigenvalue weighted by Crippen LogP contribution is 1.98. The van der Waals surface area contributed by atoms with Gasteiger partial charge in [-0.1, -0.05) is 29.3 Å². The summed E-state index contributed by atoms with van der Waals surface area (Å²) in [6.07, 6.45) is 0. The molecule has 0 aromatic heterocycles. The molecule has 0 saturated carbocycles. The molecular weight excluding hydrogens is 135 g/mol. The lowest BCUT2D eigenvalue weighted by molar-refractivity contribution is 1.40. The lowest BCUT2D eigenvalue weighted by atomic mass is 10.2. The Kier molecular flexibility index (Phi) is 2.54. The number of rotatable bonds is 1. The van der Waals surface area contributed by atoms with Crippen molar-refractivity contribution in [3.8, 4) is 0 Å². The molecule has 10 heavy (non-hydrogen) atoms. The molecule has 1 rings (SSSR count). The molecular formula is C9H13Al. The van der Waals surface area contributed by atoms with E-state index in [1.54, 1.807) is 4.43 Å². The molecule has 0 unspecified atom stereocenters. The minimum Gasteiger partial charge on any atom is -0.115 e. The average molecular weight is 148 g/mol. The highest BCUT2D eigenvalue weighted by molar-refractivity contribution is 6.51. The van der Waals surface area contributed by atoms with E-state index in [0.717, 1.165) is 0 Å². The molecule has 1 aromatic carbocycles. The summed E-state index contributed by atoms with van der Waals surface area (Å²) in [6.45, 7) is 4.33. The molecule has 0 aliphatic rings. The topological polar surface area (TPSA) is 0 Å². The van der Waals surface area contributed by atoms with Crippen LogP contribution in [0.5, 0.6) is 0 Å². The summed E-state index contributed by atoms with van der Waals surface area (Å²) in [4.78, 5) is 0. The zero-order valence-electron chi connectivity index (χ0n) is 6.94. The van der Waals surface area contributed by atoms with Gasteiger partial charge in [0.2, 0.25) is 0 Å². The van der Waals surface area contributed by atoms with E-state index in [9.17, 15) is 0 Å². The minimum atomic E-state index is 0.0485. The van der Waals surface area contributed by atoms with Gasteiger partial charge in [0.05, 0.1) is 0 Å². The Balaban J connectivity index is 3.06. The summed E-state index contributed by atoms with van der Waals surface area (Å²) in [5, 5.41) is 0. The van der Waals surface area contributed by atoms with Crippen LogP contribution >= 0.6 is 0 Å². The van der Waals surface area contributed by atoms with Gasteiger partial charge in [0.25, 0.3) is 15.2 Å². The van der Waals surface area contributed by atoms with Crippen LogP contribution in [0.3, 0.4) is 0 Å². The molecule has 0 radical (unpaired) electrons. The van der Waals surface area contributed by atoms with Gasteiger partial charge in [0.15, 0.2) is 0 Å². The van der Waals surface area contributed by atoms with Gasteiger partial charge in [-0.25, -0.2) is 0 Å². The summed E-state index contributed by atoms with van der Waals surface area (Å²) in [5.41, 5.74) is 2.81. The molecule has 0 heterocycles. The van der Waals surface area contributed by atoms with Gasteiger partial charge in [0.1, 0.15) is 0 Å². The van der Waals surface area contributed by atoms with Crippen LogP contribution in [0.15, 0.2) is 18.2 Å². The molecule has 0 nitrogen and oxygen atoms in total. The lowest BCUT2D eigenvalue weighted by Gasteiger charge is -1.99. The van der Waals surface area contributed by atoms with Gasteiger partial charge in [-0.3, -0.25) is 0 Å². The second kappa shape index (κ2) is 3.23. The molecule has 0 saturated heterocycles. The second-order valence-corrected chi connectivity index (χ2v) is 4.37. The van der Waals surface area contributed by atoms with Crippen molar-refractivity contribution in [2.24, 2.45) is 0 Å². The third-order valence-corrected chi connectivity index (χ3v) is 2.91. The van der Waals surface area contributed by atoms with E-state index in [4.69, 9.17) is 0 Å². The molecule has 0 aliphatic heterocycles. The number of aryl methyl sites for hydroxylation is 2. The van der Waals surface area contributed by atoms with Crippen molar-refractivity contribution < 1.29 is 0 Å². The van der Waals surface area contributed by atoms with Gasteiger partial charge in [-0.05, 0) is 13.8 Å². The van der Waals surface area contributed by atoms with Crippen molar-refractivity contribution >= 4 is 19.6 Å². The number of hydrogen-bond donors (Lipinski definition) is 0. The molecule has 0 bridgehead atoms. The monoisotopic (exact) mass is 148 g/mol. The normalized spacial score (nSPS) is 9.50. The molecule has 1 aromatic rings. The molecule has 0 amide bonds. The van der Waals surface area contributed by atoms with Crippen LogP contribution in [0.25, 0.3) is 0 Å². The molecule has 52 valence electrons. The molecule has 0 spiro atoms. The van der Waals surface area contributed by atoms with Crippen molar-refractivity contribution in [2.45, 2.75) is 19.6 Å². The van der Waals surface area contributed by atoms with Crippen molar-refractivity contribution in [3.63, 3.8) is 0 Å². The highest BCUT2D eigenvalue weighted by atomic mass is 27.1. The highest BCUT2D eigenvalue weighted by Gasteiger charge is 1.93. The van der Waals surface area contributed by atoms with Crippen molar-refractivity contribution in [3.05, 3.63) is 29.3 Å². The van der Waals surface area contributed by atoms with Gasteiger partial charge in [-0.2, -0.15) is 0 Å². The standard InChI is InChI=1S/C8H9.CH3.Al.H/c1-7-4-3-5-8(2)6-7;;;/h4-6H,1-2H3;1H3;;. The van der Waals surface area contributed by atoms with Gasteiger partial charge < -0.3 is 0 Å². The molecule has 0 fully saturated rings. The first-order valence-corrected chi connectivity index (χ1v) is 5.91. The first-order chi connectivity index (χ1) is 4.72. The molecule has 1 heteroatoms. The van der Waals surface area contributed by atoms with E-state index in [1.807, 2.05) is 0 Å². The Labute approximate surface area is 69.0 Å². The predicted molar refractivity (Wildman–Crippen MR) is 48.6 cm³/mol. The summed E-state index contributed by atoms with van der Waals surface area (Å²) >= 11 is 0.0485. The van der Waals surface area contributed by atoms with Crippen molar-refractivity contribution in [1.82, 2.24) is 0 Å². The van der Waals surface area contributed by atoms with Crippen LogP contribution < -0.4 is 4.43 Å². The Morgan fingerprint density at radius 2 is 1.50 bits per heavy atom. The minimum absolute atomic E-state index is 0.0485. The fraction of sp³-hybridized carbons (Fsp3) is 0.333. The third kappa shape index (κ3) is 1.87. The molecule has 0 N–H and O–H groups in total. The summed E-state index contributed by atoms with van der Waals surface area (Å²) < 4.78 is 1.58. The smallest absolute Gasteiger partial charge is 0.115 e. The molecule has 0 aliphatic carbocycles. The van der Waals surface area contributed by atoms with Crippen molar-refractivity contribution in [1.29, 1.82) is 0 Å². The largest absolute Gasteiger partial charge is 0.279 e. The maximum atomic E-state index is 2.33. The van der Waals surface area contributed by atoms with E-state index < -0.39 is 0 Å². The summed E-state index contributed by atoms with van der Waals surface area (Å²) in [5.74, 6) is 2.33. The number of hydrogen-bond acceptors (Lipinski definition) is 0. The quantitative estimate of drug-likeness (QED) is 0.528. The van der Waals surface area contributed by atoms with E-state index in [2.05, 4.69) is 37.8 Å². The fourth-order valence-corrected chi connectivity index (χ4v) is 2.33. The first-order valence-electron chi connectivity index (χ1n) is 3.79. The maximum Gasteiger partial charge on any atom is 0.279 e. The van der Waals surface area contributed by atoms with Crippen LogP contribution in [0.2, 0.25) is 5.79 Å². The SMILES string of the molecule is [CH3][AlH][c]1cc(C)cc(C)c1.